The van der Waals surface area contributed by atoms with Crippen LogP contribution in [0.25, 0.3) is 0 Å². The lowest BCUT2D eigenvalue weighted by molar-refractivity contribution is 0.162. The number of hydrogen-bond acceptors (Lipinski definition) is 6. The van der Waals surface area contributed by atoms with Crippen LogP contribution < -0.4 is 14.8 Å². The smallest absolute Gasteiger partial charge is 0.437 e. The highest BCUT2D eigenvalue weighted by Gasteiger charge is 2.19. The molecule has 0 aliphatic carbocycles. The predicted molar refractivity (Wildman–Crippen MR) is 119 cm³/mol. The third-order valence-corrected chi connectivity index (χ3v) is 4.68. The van der Waals surface area contributed by atoms with Gasteiger partial charge in [0.15, 0.2) is 0 Å². The van der Waals surface area contributed by atoms with Crippen LogP contribution in [0, 0.1) is 0 Å². The van der Waals surface area contributed by atoms with E-state index in [-0.39, 0.29) is 16.4 Å². The first-order chi connectivity index (χ1) is 15.0. The molecule has 0 aliphatic heterocycles. The number of ether oxygens (including phenoxy) is 2. The Morgan fingerprint density at radius 3 is 2.19 bits per heavy atom. The van der Waals surface area contributed by atoms with Gasteiger partial charge in [-0.15, -0.1) is 0 Å². The minimum absolute atomic E-state index is 0.182. The second-order valence-corrected chi connectivity index (χ2v) is 6.75. The van der Waals surface area contributed by atoms with Crippen LogP contribution in [0.4, 0.5) is 10.5 Å². The van der Waals surface area contributed by atoms with E-state index in [1.165, 1.54) is 26.4 Å². The summed E-state index contributed by atoms with van der Waals surface area (Å²) < 4.78 is 10.4. The van der Waals surface area contributed by atoms with E-state index in [0.717, 1.165) is 0 Å². The standard InChI is InChI=1S/C23H21ClN2O5/c1-29-19-14-20(30-2)18(13-17(19)24)25-23(28)31-26-21(15-9-5-3-6-10-15)22(27)16-11-7-4-8-12-16/h3-14,22,27H,1-2H3,(H,25,28)/b26-21-/t22-/m1/s1. The summed E-state index contributed by atoms with van der Waals surface area (Å²) in [5, 5.41) is 17.6. The van der Waals surface area contributed by atoms with E-state index in [1.807, 2.05) is 12.1 Å². The monoisotopic (exact) mass is 440 g/mol. The van der Waals surface area contributed by atoms with E-state index in [4.69, 9.17) is 25.9 Å². The fourth-order valence-corrected chi connectivity index (χ4v) is 3.08. The molecule has 0 heterocycles. The quantitative estimate of drug-likeness (QED) is 0.305. The number of aliphatic hydroxyl groups excluding tert-OH is 1. The molecule has 2 N–H and O–H groups in total. The molecule has 7 nitrogen and oxygen atoms in total. The third kappa shape index (κ3) is 5.53. The third-order valence-electron chi connectivity index (χ3n) is 4.38. The van der Waals surface area contributed by atoms with Crippen molar-refractivity contribution < 1.29 is 24.2 Å². The van der Waals surface area contributed by atoms with Crippen LogP contribution in [0.5, 0.6) is 11.5 Å². The number of rotatable bonds is 7. The second kappa shape index (κ2) is 10.5. The van der Waals surface area contributed by atoms with E-state index < -0.39 is 12.2 Å². The van der Waals surface area contributed by atoms with E-state index in [1.54, 1.807) is 48.5 Å². The largest absolute Gasteiger partial charge is 0.495 e. The Bertz CT molecular complexity index is 1060. The highest BCUT2D eigenvalue weighted by atomic mass is 35.5. The lowest BCUT2D eigenvalue weighted by Crippen LogP contribution is -2.17. The van der Waals surface area contributed by atoms with E-state index >= 15 is 0 Å². The number of aliphatic hydroxyl groups is 1. The number of anilines is 1. The summed E-state index contributed by atoms with van der Waals surface area (Å²) in [4.78, 5) is 17.4. The van der Waals surface area contributed by atoms with Crippen LogP contribution in [0.2, 0.25) is 5.02 Å². The molecule has 160 valence electrons. The Kier molecular flexibility index (Phi) is 7.48. The number of methoxy groups -OCH3 is 2. The van der Waals surface area contributed by atoms with Gasteiger partial charge in [0.1, 0.15) is 23.3 Å². The van der Waals surface area contributed by atoms with E-state index in [0.29, 0.717) is 22.6 Å². The maximum absolute atomic E-state index is 12.4. The number of halogens is 1. The van der Waals surface area contributed by atoms with Gasteiger partial charge in [-0.25, -0.2) is 4.79 Å². The molecule has 0 spiro atoms. The van der Waals surface area contributed by atoms with Crippen LogP contribution in [0.15, 0.2) is 78.0 Å². The molecule has 3 aromatic carbocycles. The molecule has 3 rings (SSSR count). The Morgan fingerprint density at radius 2 is 1.58 bits per heavy atom. The van der Waals surface area contributed by atoms with Gasteiger partial charge >= 0.3 is 6.09 Å². The number of carbonyl (C=O) groups is 1. The Balaban J connectivity index is 1.84. The van der Waals surface area contributed by atoms with Crippen LogP contribution in [-0.2, 0) is 4.84 Å². The zero-order valence-electron chi connectivity index (χ0n) is 16.9. The molecule has 0 unspecified atom stereocenters. The summed E-state index contributed by atoms with van der Waals surface area (Å²) in [6.45, 7) is 0. The van der Waals surface area contributed by atoms with Crippen molar-refractivity contribution in [1.29, 1.82) is 0 Å². The zero-order valence-corrected chi connectivity index (χ0v) is 17.7. The first-order valence-electron chi connectivity index (χ1n) is 9.29. The minimum Gasteiger partial charge on any atom is -0.495 e. The number of oxime groups is 1. The van der Waals surface area contributed by atoms with Gasteiger partial charge in [0.05, 0.1) is 24.9 Å². The van der Waals surface area contributed by atoms with Gasteiger partial charge in [-0.1, -0.05) is 77.4 Å². The average Bonchev–Trinajstić information content (AvgIpc) is 2.80. The van der Waals surface area contributed by atoms with Crippen LogP contribution >= 0.6 is 11.6 Å². The molecule has 0 saturated heterocycles. The number of nitrogens with zero attached hydrogens (tertiary/aromatic N) is 1. The molecular weight excluding hydrogens is 420 g/mol. The summed E-state index contributed by atoms with van der Waals surface area (Å²) in [5.74, 6) is 0.725. The number of amides is 1. The van der Waals surface area contributed by atoms with E-state index in [9.17, 15) is 9.90 Å². The van der Waals surface area contributed by atoms with Crippen molar-refractivity contribution in [3.63, 3.8) is 0 Å². The first-order valence-corrected chi connectivity index (χ1v) is 9.67. The lowest BCUT2D eigenvalue weighted by atomic mass is 9.99. The second-order valence-electron chi connectivity index (χ2n) is 6.35. The van der Waals surface area contributed by atoms with Crippen molar-refractivity contribution in [2.45, 2.75) is 6.10 Å². The van der Waals surface area contributed by atoms with Crippen molar-refractivity contribution in [2.75, 3.05) is 19.5 Å². The Hall–Kier alpha value is -3.55. The maximum atomic E-state index is 12.4. The number of benzene rings is 3. The van der Waals surface area contributed by atoms with Crippen LogP contribution in [0.1, 0.15) is 17.2 Å². The molecule has 0 bridgehead atoms. The fourth-order valence-electron chi connectivity index (χ4n) is 2.84. The molecule has 31 heavy (non-hydrogen) atoms. The number of carbonyl (C=O) groups excluding carboxylic acids is 1. The Labute approximate surface area is 184 Å². The van der Waals surface area contributed by atoms with Crippen molar-refractivity contribution in [1.82, 2.24) is 0 Å². The topological polar surface area (TPSA) is 89.4 Å². The van der Waals surface area contributed by atoms with Gasteiger partial charge in [0.2, 0.25) is 0 Å². The number of hydrogen-bond donors (Lipinski definition) is 2. The summed E-state index contributed by atoms with van der Waals surface area (Å²) in [6, 6.07) is 20.9. The van der Waals surface area contributed by atoms with Crippen molar-refractivity contribution in [3.8, 4) is 11.5 Å². The molecule has 3 aromatic rings. The highest BCUT2D eigenvalue weighted by Crippen LogP contribution is 2.36. The molecule has 8 heteroatoms. The molecule has 0 aliphatic rings. The van der Waals surface area contributed by atoms with Crippen LogP contribution in [-0.4, -0.2) is 31.1 Å². The SMILES string of the molecule is COc1cc(OC)c(NC(=O)O/N=C(/c2ccccc2)[C@H](O)c2ccccc2)cc1Cl. The molecule has 1 atom stereocenters. The normalized spacial score (nSPS) is 12.1. The highest BCUT2D eigenvalue weighted by molar-refractivity contribution is 6.32. The molecule has 0 aromatic heterocycles. The molecule has 0 saturated carbocycles. The van der Waals surface area contributed by atoms with E-state index in [2.05, 4.69) is 10.5 Å². The summed E-state index contributed by atoms with van der Waals surface area (Å²) in [7, 11) is 2.92. The van der Waals surface area contributed by atoms with Gasteiger partial charge in [-0.05, 0) is 11.6 Å². The first kappa shape index (κ1) is 22.1. The minimum atomic E-state index is -1.10. The summed E-state index contributed by atoms with van der Waals surface area (Å²) in [6.07, 6.45) is -1.98. The molecule has 1 amide bonds. The fraction of sp³-hybridized carbons (Fsp3) is 0.130. The zero-order chi connectivity index (χ0) is 22.2. The van der Waals surface area contributed by atoms with Gasteiger partial charge in [0, 0.05) is 11.6 Å². The lowest BCUT2D eigenvalue weighted by Gasteiger charge is -2.15. The summed E-state index contributed by atoms with van der Waals surface area (Å²) >= 11 is 6.13. The van der Waals surface area contributed by atoms with Gasteiger partial charge in [-0.3, -0.25) is 10.2 Å². The molecule has 0 radical (unpaired) electrons. The van der Waals surface area contributed by atoms with Crippen LogP contribution in [0.3, 0.4) is 0 Å². The van der Waals surface area contributed by atoms with Crippen molar-refractivity contribution in [3.05, 3.63) is 88.9 Å². The van der Waals surface area contributed by atoms with Gasteiger partial charge in [0.25, 0.3) is 0 Å². The molecule has 0 fully saturated rings. The van der Waals surface area contributed by atoms with Crippen molar-refractivity contribution >= 4 is 29.1 Å². The average molecular weight is 441 g/mol. The molecular formula is C23H21ClN2O5. The summed E-state index contributed by atoms with van der Waals surface area (Å²) in [5.41, 5.74) is 1.68. The Morgan fingerprint density at radius 1 is 0.968 bits per heavy atom. The number of nitrogens with one attached hydrogen (secondary N) is 1. The maximum Gasteiger partial charge on any atom is 0.437 e. The predicted octanol–water partition coefficient (Wildman–Crippen LogP) is 5.04. The van der Waals surface area contributed by atoms with Crippen molar-refractivity contribution in [2.24, 2.45) is 5.16 Å². The van der Waals surface area contributed by atoms with Gasteiger partial charge in [-0.2, -0.15) is 0 Å². The van der Waals surface area contributed by atoms with Gasteiger partial charge < -0.3 is 14.6 Å².